The number of hydrogen-bond donors (Lipinski definition) is 0. The van der Waals surface area contributed by atoms with Crippen LogP contribution in [0, 0.1) is 0 Å². The lowest BCUT2D eigenvalue weighted by Gasteiger charge is -2.36. The van der Waals surface area contributed by atoms with Crippen LogP contribution in [0.2, 0.25) is 0 Å². The van der Waals surface area contributed by atoms with Gasteiger partial charge in [0.25, 0.3) is 0 Å². The van der Waals surface area contributed by atoms with Crippen LogP contribution in [0.4, 0.5) is 17.1 Å². The summed E-state index contributed by atoms with van der Waals surface area (Å²) in [6, 6.07) is 71.5. The lowest BCUT2D eigenvalue weighted by Crippen LogP contribution is -2.35. The van der Waals surface area contributed by atoms with Gasteiger partial charge in [0.2, 0.25) is 0 Å². The van der Waals surface area contributed by atoms with Crippen molar-refractivity contribution < 1.29 is 0 Å². The molecular formula is C49H32N2S. The highest BCUT2D eigenvalue weighted by Crippen LogP contribution is 2.56. The van der Waals surface area contributed by atoms with E-state index < -0.39 is 5.54 Å². The van der Waals surface area contributed by atoms with Crippen molar-refractivity contribution in [2.45, 2.75) is 5.54 Å². The van der Waals surface area contributed by atoms with Gasteiger partial charge in [-0.1, -0.05) is 140 Å². The van der Waals surface area contributed by atoms with Crippen LogP contribution >= 0.6 is 11.3 Å². The van der Waals surface area contributed by atoms with Crippen LogP contribution in [-0.2, 0) is 5.54 Å². The molecule has 0 radical (unpaired) electrons. The van der Waals surface area contributed by atoms with E-state index in [4.69, 9.17) is 0 Å². The molecule has 0 amide bonds. The largest absolute Gasteiger partial charge is 0.322 e. The van der Waals surface area contributed by atoms with Crippen molar-refractivity contribution in [3.63, 3.8) is 0 Å². The van der Waals surface area contributed by atoms with E-state index in [1.807, 2.05) is 11.3 Å². The third-order valence-corrected chi connectivity index (χ3v) is 12.1. The topological polar surface area (TPSA) is 8.17 Å². The highest BCUT2D eigenvalue weighted by Gasteiger charge is 2.47. The van der Waals surface area contributed by atoms with Crippen LogP contribution < -0.4 is 4.90 Å². The molecule has 0 fully saturated rings. The Morgan fingerprint density at radius 2 is 1.02 bits per heavy atom. The number of nitrogens with zero attached hydrogens (tertiary/aromatic N) is 2. The third-order valence-electron chi connectivity index (χ3n) is 11.0. The van der Waals surface area contributed by atoms with E-state index in [2.05, 4.69) is 204 Å². The van der Waals surface area contributed by atoms with Gasteiger partial charge in [-0.25, -0.2) is 0 Å². The number of hydrogen-bond acceptors (Lipinski definition) is 2. The van der Waals surface area contributed by atoms with Crippen molar-refractivity contribution in [1.29, 1.82) is 0 Å². The number of aromatic nitrogens is 1. The van der Waals surface area contributed by atoms with Gasteiger partial charge in [0.15, 0.2) is 0 Å². The van der Waals surface area contributed by atoms with E-state index >= 15 is 0 Å². The lowest BCUT2D eigenvalue weighted by atomic mass is 9.80. The molecule has 10 aromatic rings. The molecule has 0 N–H and O–H groups in total. The monoisotopic (exact) mass is 680 g/mol. The molecule has 1 aliphatic carbocycles. The molecule has 0 saturated carbocycles. The van der Waals surface area contributed by atoms with Crippen molar-refractivity contribution in [2.24, 2.45) is 0 Å². The molecule has 2 aromatic heterocycles. The van der Waals surface area contributed by atoms with Crippen molar-refractivity contribution in [1.82, 2.24) is 4.57 Å². The summed E-state index contributed by atoms with van der Waals surface area (Å²) < 4.78 is 5.22. The van der Waals surface area contributed by atoms with Gasteiger partial charge in [0.05, 0.1) is 16.7 Å². The maximum atomic E-state index is 2.63. The molecule has 3 heteroatoms. The normalized spacial score (nSPS) is 13.2. The zero-order chi connectivity index (χ0) is 34.2. The van der Waals surface area contributed by atoms with Gasteiger partial charge in [-0.3, -0.25) is 0 Å². The zero-order valence-corrected chi connectivity index (χ0v) is 29.1. The minimum Gasteiger partial charge on any atom is -0.322 e. The first kappa shape index (κ1) is 29.3. The molecule has 11 rings (SSSR count). The second-order valence-electron chi connectivity index (χ2n) is 13.6. The number of benzene rings is 8. The number of rotatable bonds is 5. The highest BCUT2D eigenvalue weighted by molar-refractivity contribution is 7.26. The molecule has 0 saturated heterocycles. The van der Waals surface area contributed by atoms with E-state index in [1.165, 1.54) is 75.5 Å². The maximum absolute atomic E-state index is 2.63. The van der Waals surface area contributed by atoms with Gasteiger partial charge in [-0.2, -0.15) is 0 Å². The SMILES string of the molecule is c1ccc(N(c2ccc3c(c2)c2ccccc2n3C2(c3ccccc3)c3ccccc3-c3ccccc32)c2cccc3sc4ccccc4c23)cc1. The Hall–Kier alpha value is -6.42. The quantitative estimate of drug-likeness (QED) is 0.176. The first-order chi connectivity index (χ1) is 25.8. The average molecular weight is 681 g/mol. The van der Waals surface area contributed by atoms with Crippen LogP contribution in [0.3, 0.4) is 0 Å². The lowest BCUT2D eigenvalue weighted by molar-refractivity contribution is 0.564. The van der Waals surface area contributed by atoms with E-state index in [1.54, 1.807) is 0 Å². The summed E-state index contributed by atoms with van der Waals surface area (Å²) in [6.45, 7) is 0. The maximum Gasteiger partial charge on any atom is 0.122 e. The van der Waals surface area contributed by atoms with Crippen molar-refractivity contribution >= 4 is 70.4 Å². The number of anilines is 3. The molecule has 52 heavy (non-hydrogen) atoms. The van der Waals surface area contributed by atoms with Gasteiger partial charge in [-0.15, -0.1) is 11.3 Å². The molecule has 244 valence electrons. The summed E-state index contributed by atoms with van der Waals surface area (Å²) in [5, 5.41) is 5.05. The Morgan fingerprint density at radius 1 is 0.423 bits per heavy atom. The average Bonchev–Trinajstić information content (AvgIpc) is 3.86. The highest BCUT2D eigenvalue weighted by atomic mass is 32.1. The van der Waals surface area contributed by atoms with Gasteiger partial charge in [0.1, 0.15) is 5.54 Å². The van der Waals surface area contributed by atoms with Crippen LogP contribution in [0.25, 0.3) is 53.1 Å². The van der Waals surface area contributed by atoms with Crippen molar-refractivity contribution in [2.75, 3.05) is 4.90 Å². The minimum atomic E-state index is -0.572. The number of thiophene rings is 1. The summed E-state index contributed by atoms with van der Waals surface area (Å²) in [7, 11) is 0. The summed E-state index contributed by atoms with van der Waals surface area (Å²) in [5.41, 5.74) is 11.7. The summed E-state index contributed by atoms with van der Waals surface area (Å²) in [5.74, 6) is 0. The van der Waals surface area contributed by atoms with Gasteiger partial charge >= 0.3 is 0 Å². The van der Waals surface area contributed by atoms with Crippen LogP contribution in [0.5, 0.6) is 0 Å². The van der Waals surface area contributed by atoms with Gasteiger partial charge in [0, 0.05) is 42.3 Å². The smallest absolute Gasteiger partial charge is 0.122 e. The zero-order valence-electron chi connectivity index (χ0n) is 28.3. The van der Waals surface area contributed by atoms with Gasteiger partial charge in [-0.05, 0) is 82.4 Å². The van der Waals surface area contributed by atoms with Crippen LogP contribution in [0.15, 0.2) is 194 Å². The second-order valence-corrected chi connectivity index (χ2v) is 14.7. The van der Waals surface area contributed by atoms with E-state index in [0.717, 1.165) is 11.4 Å². The molecule has 0 spiro atoms. The Bertz CT molecular complexity index is 2930. The molecule has 0 unspecified atom stereocenters. The summed E-state index contributed by atoms with van der Waals surface area (Å²) in [6.07, 6.45) is 0. The minimum absolute atomic E-state index is 0.572. The molecule has 0 bridgehead atoms. The standard InChI is InChI=1S/C49H32N2S/c1-3-16-33(17-4-1)49(41-24-11-7-20-36(41)37-21-8-12-25-42(37)49)51-43-26-13-9-22-38(43)40-32-35(30-31-44(40)51)50(34-18-5-2-6-19-34)45-27-15-29-47-48(45)39-23-10-14-28-46(39)52-47/h1-32H. The third kappa shape index (κ3) is 4.00. The van der Waals surface area contributed by atoms with Crippen molar-refractivity contribution in [3.8, 4) is 11.1 Å². The fraction of sp³-hybridized carbons (Fsp3) is 0.0204. The summed E-state index contributed by atoms with van der Waals surface area (Å²) in [4.78, 5) is 2.44. The van der Waals surface area contributed by atoms with Gasteiger partial charge < -0.3 is 9.47 Å². The molecular weight excluding hydrogens is 649 g/mol. The molecule has 2 heterocycles. The van der Waals surface area contributed by atoms with E-state index in [9.17, 15) is 0 Å². The van der Waals surface area contributed by atoms with Crippen molar-refractivity contribution in [3.05, 3.63) is 211 Å². The second kappa shape index (κ2) is 11.3. The summed E-state index contributed by atoms with van der Waals surface area (Å²) >= 11 is 1.86. The first-order valence-corrected chi connectivity index (χ1v) is 18.7. The molecule has 0 aliphatic heterocycles. The predicted molar refractivity (Wildman–Crippen MR) is 221 cm³/mol. The molecule has 2 nitrogen and oxygen atoms in total. The van der Waals surface area contributed by atoms with E-state index in [-0.39, 0.29) is 0 Å². The fourth-order valence-corrected chi connectivity index (χ4v) is 10.1. The Labute approximate surface area is 306 Å². The molecule has 0 atom stereocenters. The Balaban J connectivity index is 1.24. The van der Waals surface area contributed by atoms with E-state index in [0.29, 0.717) is 0 Å². The predicted octanol–water partition coefficient (Wildman–Crippen LogP) is 13.5. The fourth-order valence-electron chi connectivity index (χ4n) is 8.98. The first-order valence-electron chi connectivity index (χ1n) is 17.9. The Kier molecular flexibility index (Phi) is 6.37. The van der Waals surface area contributed by atoms with Crippen LogP contribution in [0.1, 0.15) is 16.7 Å². The number of fused-ring (bicyclic) bond motifs is 9. The Morgan fingerprint density at radius 3 is 1.79 bits per heavy atom. The number of para-hydroxylation sites is 2. The molecule has 1 aliphatic rings. The molecule has 8 aromatic carbocycles. The van der Waals surface area contributed by atoms with Crippen LogP contribution in [-0.4, -0.2) is 4.57 Å².